The molecule has 0 amide bonds. The molecule has 1 aromatic rings. The first kappa shape index (κ1) is 13.1. The Bertz CT molecular complexity index is 344. The van der Waals surface area contributed by atoms with E-state index in [1.165, 1.54) is 6.07 Å². The van der Waals surface area contributed by atoms with E-state index in [-0.39, 0.29) is 18.0 Å². The van der Waals surface area contributed by atoms with Crippen molar-refractivity contribution in [1.29, 1.82) is 0 Å². The largest absolute Gasteiger partial charge is 0.380 e. The van der Waals surface area contributed by atoms with Gasteiger partial charge in [0.25, 0.3) is 0 Å². The minimum atomic E-state index is -0.221. The van der Waals surface area contributed by atoms with E-state index in [0.29, 0.717) is 6.42 Å². The first-order valence-electron chi connectivity index (χ1n) is 5.32. The number of benzene rings is 1. The number of halogens is 1. The standard InChI is InChI=1S/C12H19FN2O/c1-8-4-5-11(13)6-10(8)7-12(15-14)9(2)16-3/h4-6,9,12,15H,7,14H2,1-3H3. The predicted octanol–water partition coefficient (Wildman–Crippen LogP) is 1.54. The van der Waals surface area contributed by atoms with E-state index < -0.39 is 0 Å². The third-order valence-electron chi connectivity index (χ3n) is 2.90. The maximum Gasteiger partial charge on any atom is 0.123 e. The van der Waals surface area contributed by atoms with Crippen molar-refractivity contribution >= 4 is 0 Å². The Hall–Kier alpha value is -0.970. The maximum absolute atomic E-state index is 13.1. The smallest absolute Gasteiger partial charge is 0.123 e. The highest BCUT2D eigenvalue weighted by Crippen LogP contribution is 2.14. The number of nitrogens with two attached hydrogens (primary N) is 1. The third-order valence-corrected chi connectivity index (χ3v) is 2.90. The van der Waals surface area contributed by atoms with Crippen LogP contribution in [-0.2, 0) is 11.2 Å². The summed E-state index contributed by atoms with van der Waals surface area (Å²) in [7, 11) is 1.63. The molecule has 1 rings (SSSR count). The molecule has 0 saturated carbocycles. The van der Waals surface area contributed by atoms with Crippen molar-refractivity contribution in [3.8, 4) is 0 Å². The molecular formula is C12H19FN2O. The fourth-order valence-corrected chi connectivity index (χ4v) is 1.62. The highest BCUT2D eigenvalue weighted by atomic mass is 19.1. The second kappa shape index (κ2) is 5.94. The molecule has 90 valence electrons. The van der Waals surface area contributed by atoms with E-state index >= 15 is 0 Å². The lowest BCUT2D eigenvalue weighted by atomic mass is 9.98. The molecule has 2 atom stereocenters. The molecule has 0 fully saturated rings. The molecule has 0 radical (unpaired) electrons. The lowest BCUT2D eigenvalue weighted by molar-refractivity contribution is 0.0831. The van der Waals surface area contributed by atoms with Gasteiger partial charge in [0.2, 0.25) is 0 Å². The van der Waals surface area contributed by atoms with Gasteiger partial charge >= 0.3 is 0 Å². The minimum absolute atomic E-state index is 0.0207. The summed E-state index contributed by atoms with van der Waals surface area (Å²) in [6.45, 7) is 3.89. The second-order valence-electron chi connectivity index (χ2n) is 3.99. The van der Waals surface area contributed by atoms with Crippen LogP contribution in [0.25, 0.3) is 0 Å². The molecule has 0 aliphatic carbocycles. The average Bonchev–Trinajstić information content (AvgIpc) is 2.29. The van der Waals surface area contributed by atoms with Gasteiger partial charge < -0.3 is 4.74 Å². The molecule has 3 nitrogen and oxygen atoms in total. The van der Waals surface area contributed by atoms with Gasteiger partial charge in [0.15, 0.2) is 0 Å². The third kappa shape index (κ3) is 3.27. The van der Waals surface area contributed by atoms with Crippen molar-refractivity contribution in [3.63, 3.8) is 0 Å². The Balaban J connectivity index is 2.81. The summed E-state index contributed by atoms with van der Waals surface area (Å²) >= 11 is 0. The van der Waals surface area contributed by atoms with Crippen LogP contribution in [0, 0.1) is 12.7 Å². The monoisotopic (exact) mass is 226 g/mol. The number of methoxy groups -OCH3 is 1. The summed E-state index contributed by atoms with van der Waals surface area (Å²) in [6, 6.07) is 4.76. The van der Waals surface area contributed by atoms with E-state index in [2.05, 4.69) is 5.43 Å². The molecule has 0 spiro atoms. The van der Waals surface area contributed by atoms with Gasteiger partial charge in [0.05, 0.1) is 12.1 Å². The van der Waals surface area contributed by atoms with Crippen LogP contribution in [0.3, 0.4) is 0 Å². The molecule has 0 bridgehead atoms. The van der Waals surface area contributed by atoms with Gasteiger partial charge in [-0.05, 0) is 43.5 Å². The molecule has 0 aromatic heterocycles. The van der Waals surface area contributed by atoms with Crippen molar-refractivity contribution in [2.45, 2.75) is 32.4 Å². The molecular weight excluding hydrogens is 207 g/mol. The van der Waals surface area contributed by atoms with E-state index in [0.717, 1.165) is 11.1 Å². The molecule has 0 heterocycles. The lowest BCUT2D eigenvalue weighted by Gasteiger charge is -2.22. The number of hydrogen-bond acceptors (Lipinski definition) is 3. The topological polar surface area (TPSA) is 47.3 Å². The molecule has 0 saturated heterocycles. The summed E-state index contributed by atoms with van der Waals surface area (Å²) in [5, 5.41) is 0. The van der Waals surface area contributed by atoms with Crippen LogP contribution in [0.4, 0.5) is 4.39 Å². The summed E-state index contributed by atoms with van der Waals surface area (Å²) in [5.41, 5.74) is 4.71. The summed E-state index contributed by atoms with van der Waals surface area (Å²) in [4.78, 5) is 0. The minimum Gasteiger partial charge on any atom is -0.380 e. The van der Waals surface area contributed by atoms with E-state index in [9.17, 15) is 4.39 Å². The quantitative estimate of drug-likeness (QED) is 0.591. The maximum atomic E-state index is 13.1. The zero-order valence-corrected chi connectivity index (χ0v) is 9.96. The van der Waals surface area contributed by atoms with Crippen LogP contribution in [0.15, 0.2) is 18.2 Å². The first-order valence-corrected chi connectivity index (χ1v) is 5.32. The van der Waals surface area contributed by atoms with Gasteiger partial charge in [0, 0.05) is 7.11 Å². The van der Waals surface area contributed by atoms with Crippen molar-refractivity contribution < 1.29 is 9.13 Å². The van der Waals surface area contributed by atoms with Crippen LogP contribution in [-0.4, -0.2) is 19.3 Å². The van der Waals surface area contributed by atoms with Crippen molar-refractivity contribution in [2.75, 3.05) is 7.11 Å². The second-order valence-corrected chi connectivity index (χ2v) is 3.99. The Labute approximate surface area is 95.8 Å². The van der Waals surface area contributed by atoms with Gasteiger partial charge in [-0.15, -0.1) is 0 Å². The van der Waals surface area contributed by atoms with Gasteiger partial charge in [-0.1, -0.05) is 6.07 Å². The Morgan fingerprint density at radius 1 is 1.50 bits per heavy atom. The summed E-state index contributed by atoms with van der Waals surface area (Å²) in [6.07, 6.45) is 0.627. The van der Waals surface area contributed by atoms with E-state index in [4.69, 9.17) is 10.6 Å². The molecule has 0 aliphatic rings. The number of hydrazine groups is 1. The molecule has 0 aliphatic heterocycles. The summed E-state index contributed by atoms with van der Waals surface area (Å²) in [5.74, 6) is 5.24. The zero-order valence-electron chi connectivity index (χ0n) is 9.96. The average molecular weight is 226 g/mol. The van der Waals surface area contributed by atoms with Crippen molar-refractivity contribution in [1.82, 2.24) is 5.43 Å². The lowest BCUT2D eigenvalue weighted by Crippen LogP contribution is -2.45. The molecule has 3 N–H and O–H groups in total. The van der Waals surface area contributed by atoms with Crippen LogP contribution >= 0.6 is 0 Å². The van der Waals surface area contributed by atoms with Crippen LogP contribution in [0.1, 0.15) is 18.1 Å². The zero-order chi connectivity index (χ0) is 12.1. The summed E-state index contributed by atoms with van der Waals surface area (Å²) < 4.78 is 18.3. The number of aryl methyl sites for hydroxylation is 1. The van der Waals surface area contributed by atoms with Crippen LogP contribution in [0.2, 0.25) is 0 Å². The van der Waals surface area contributed by atoms with E-state index in [1.54, 1.807) is 19.2 Å². The fourth-order valence-electron chi connectivity index (χ4n) is 1.62. The van der Waals surface area contributed by atoms with Crippen LogP contribution in [0.5, 0.6) is 0 Å². The highest BCUT2D eigenvalue weighted by molar-refractivity contribution is 5.27. The molecule has 2 unspecified atom stereocenters. The molecule has 4 heteroatoms. The number of ether oxygens (including phenoxy) is 1. The van der Waals surface area contributed by atoms with Gasteiger partial charge in [-0.25, -0.2) is 4.39 Å². The Kier molecular flexibility index (Phi) is 4.86. The van der Waals surface area contributed by atoms with Gasteiger partial charge in [-0.3, -0.25) is 11.3 Å². The first-order chi connectivity index (χ1) is 7.58. The number of nitrogens with one attached hydrogen (secondary N) is 1. The molecule has 16 heavy (non-hydrogen) atoms. The van der Waals surface area contributed by atoms with Crippen molar-refractivity contribution in [3.05, 3.63) is 35.1 Å². The predicted molar refractivity (Wildman–Crippen MR) is 62.4 cm³/mol. The van der Waals surface area contributed by atoms with E-state index in [1.807, 2.05) is 13.8 Å². The van der Waals surface area contributed by atoms with Crippen LogP contribution < -0.4 is 11.3 Å². The number of hydrogen-bond donors (Lipinski definition) is 2. The Morgan fingerprint density at radius 2 is 2.19 bits per heavy atom. The highest BCUT2D eigenvalue weighted by Gasteiger charge is 2.16. The normalized spacial score (nSPS) is 14.8. The van der Waals surface area contributed by atoms with Gasteiger partial charge in [0.1, 0.15) is 5.82 Å². The molecule has 1 aromatic carbocycles. The SMILES string of the molecule is COC(C)C(Cc1cc(F)ccc1C)NN. The van der Waals surface area contributed by atoms with Crippen molar-refractivity contribution in [2.24, 2.45) is 5.84 Å². The van der Waals surface area contributed by atoms with Gasteiger partial charge in [-0.2, -0.15) is 0 Å². The fraction of sp³-hybridized carbons (Fsp3) is 0.500. The number of rotatable bonds is 5. The Morgan fingerprint density at radius 3 is 2.75 bits per heavy atom.